The lowest BCUT2D eigenvalue weighted by Crippen LogP contribution is -2.46. The molecule has 0 bridgehead atoms. The van der Waals surface area contributed by atoms with Crippen LogP contribution in [0.15, 0.2) is 41.9 Å². The predicted octanol–water partition coefficient (Wildman–Crippen LogP) is 2.97. The van der Waals surface area contributed by atoms with Crippen molar-refractivity contribution in [3.05, 3.63) is 52.5 Å². The number of benzene rings is 1. The largest absolute Gasteiger partial charge is 0.342 e. The Balaban J connectivity index is 1.50. The molecule has 3 rings (SSSR count). The van der Waals surface area contributed by atoms with Crippen LogP contribution in [0, 0.1) is 5.92 Å². The Morgan fingerprint density at radius 2 is 2.15 bits per heavy atom. The molecule has 1 aliphatic heterocycles. The van der Waals surface area contributed by atoms with E-state index in [-0.39, 0.29) is 17.7 Å². The van der Waals surface area contributed by atoms with Gasteiger partial charge < -0.3 is 9.80 Å². The minimum atomic E-state index is -0.102. The summed E-state index contributed by atoms with van der Waals surface area (Å²) in [5, 5.41) is 2.86. The highest BCUT2D eigenvalue weighted by Gasteiger charge is 2.31. The second kappa shape index (κ2) is 8.94. The van der Waals surface area contributed by atoms with Crippen LogP contribution in [0.25, 0.3) is 0 Å². The van der Waals surface area contributed by atoms with Gasteiger partial charge in [0.1, 0.15) is 5.01 Å². The van der Waals surface area contributed by atoms with Crippen LogP contribution in [0.4, 0.5) is 0 Å². The van der Waals surface area contributed by atoms with Crippen molar-refractivity contribution in [1.29, 1.82) is 0 Å². The molecule has 5 nitrogen and oxygen atoms in total. The quantitative estimate of drug-likeness (QED) is 0.752. The van der Waals surface area contributed by atoms with E-state index in [2.05, 4.69) is 17.1 Å². The maximum Gasteiger partial charge on any atom is 0.227 e. The Morgan fingerprint density at radius 3 is 2.88 bits per heavy atom. The second-order valence-electron chi connectivity index (χ2n) is 6.78. The molecule has 6 heteroatoms. The van der Waals surface area contributed by atoms with Crippen molar-refractivity contribution in [2.45, 2.75) is 32.2 Å². The van der Waals surface area contributed by atoms with Crippen LogP contribution >= 0.6 is 11.3 Å². The van der Waals surface area contributed by atoms with Gasteiger partial charge in [-0.1, -0.05) is 30.3 Å². The van der Waals surface area contributed by atoms with Crippen molar-refractivity contribution in [3.8, 4) is 0 Å². The molecule has 0 radical (unpaired) electrons. The molecular weight excluding hydrogens is 346 g/mol. The maximum atomic E-state index is 12.7. The van der Waals surface area contributed by atoms with E-state index in [9.17, 15) is 9.59 Å². The molecule has 2 aromatic rings. The van der Waals surface area contributed by atoms with E-state index in [1.165, 1.54) is 5.56 Å². The highest BCUT2D eigenvalue weighted by molar-refractivity contribution is 7.09. The number of hydrogen-bond donors (Lipinski definition) is 0. The normalized spacial score (nSPS) is 17.3. The smallest absolute Gasteiger partial charge is 0.227 e. The molecule has 0 aliphatic carbocycles. The maximum absolute atomic E-state index is 12.7. The highest BCUT2D eigenvalue weighted by atomic mass is 32.1. The summed E-state index contributed by atoms with van der Waals surface area (Å²) in [6.45, 7) is 1.79. The van der Waals surface area contributed by atoms with Gasteiger partial charge in [0.15, 0.2) is 0 Å². The van der Waals surface area contributed by atoms with Crippen LogP contribution in [-0.2, 0) is 22.6 Å². The average Bonchev–Trinajstić information content (AvgIpc) is 3.16. The van der Waals surface area contributed by atoms with Crippen LogP contribution in [0.1, 0.15) is 29.8 Å². The van der Waals surface area contributed by atoms with E-state index < -0.39 is 0 Å². The fourth-order valence-electron chi connectivity index (χ4n) is 3.37. The van der Waals surface area contributed by atoms with Crippen molar-refractivity contribution >= 4 is 23.2 Å². The van der Waals surface area contributed by atoms with Gasteiger partial charge in [-0.2, -0.15) is 0 Å². The standard InChI is InChI=1S/C20H25N3O2S/c1-22(15-18-21-11-13-26-18)20(25)17-9-10-19(24)23(14-17)12-5-8-16-6-3-2-4-7-16/h2-4,6-7,11,13,17H,5,8-10,12,14-15H2,1H3/t17-/m0/s1. The Hall–Kier alpha value is -2.21. The van der Waals surface area contributed by atoms with E-state index in [1.807, 2.05) is 35.5 Å². The van der Waals surface area contributed by atoms with Crippen LogP contribution in [0.3, 0.4) is 0 Å². The number of piperidine rings is 1. The first kappa shape index (κ1) is 18.6. The number of nitrogens with zero attached hydrogens (tertiary/aromatic N) is 3. The van der Waals surface area contributed by atoms with Gasteiger partial charge in [-0.25, -0.2) is 4.98 Å². The number of likely N-dealkylation sites (tertiary alicyclic amines) is 1. The molecule has 0 spiro atoms. The van der Waals surface area contributed by atoms with Crippen molar-refractivity contribution in [2.24, 2.45) is 5.92 Å². The number of aromatic nitrogens is 1. The number of rotatable bonds is 7. The predicted molar refractivity (Wildman–Crippen MR) is 103 cm³/mol. The summed E-state index contributed by atoms with van der Waals surface area (Å²) in [6, 6.07) is 10.3. The molecule has 0 unspecified atom stereocenters. The summed E-state index contributed by atoms with van der Waals surface area (Å²) in [5.41, 5.74) is 1.28. The van der Waals surface area contributed by atoms with Gasteiger partial charge in [-0.15, -0.1) is 11.3 Å². The molecule has 1 saturated heterocycles. The molecule has 26 heavy (non-hydrogen) atoms. The van der Waals surface area contributed by atoms with Gasteiger partial charge >= 0.3 is 0 Å². The first-order valence-corrected chi connectivity index (χ1v) is 9.96. The molecule has 2 amide bonds. The van der Waals surface area contributed by atoms with E-state index in [4.69, 9.17) is 0 Å². The summed E-state index contributed by atoms with van der Waals surface area (Å²) >= 11 is 1.56. The van der Waals surface area contributed by atoms with Gasteiger partial charge in [0, 0.05) is 38.1 Å². The SMILES string of the molecule is CN(Cc1nccs1)C(=O)[C@H]1CCC(=O)N(CCCc2ccccc2)C1. The molecule has 1 fully saturated rings. The molecule has 1 atom stereocenters. The van der Waals surface area contributed by atoms with Crippen molar-refractivity contribution < 1.29 is 9.59 Å². The third-order valence-corrected chi connectivity index (χ3v) is 5.58. The molecule has 1 aromatic carbocycles. The summed E-state index contributed by atoms with van der Waals surface area (Å²) in [7, 11) is 1.82. The van der Waals surface area contributed by atoms with Crippen molar-refractivity contribution in [3.63, 3.8) is 0 Å². The molecule has 1 aromatic heterocycles. The number of carbonyl (C=O) groups is 2. The van der Waals surface area contributed by atoms with Gasteiger partial charge in [0.2, 0.25) is 11.8 Å². The van der Waals surface area contributed by atoms with E-state index in [0.29, 0.717) is 32.5 Å². The third-order valence-electron chi connectivity index (χ3n) is 4.82. The zero-order valence-corrected chi connectivity index (χ0v) is 16.0. The Bertz CT molecular complexity index is 718. The highest BCUT2D eigenvalue weighted by Crippen LogP contribution is 2.21. The Labute approximate surface area is 158 Å². The average molecular weight is 372 g/mol. The Morgan fingerprint density at radius 1 is 1.35 bits per heavy atom. The van der Waals surface area contributed by atoms with Crippen LogP contribution < -0.4 is 0 Å². The Kier molecular flexibility index (Phi) is 6.39. The molecule has 1 aliphatic rings. The molecule has 0 N–H and O–H groups in total. The zero-order valence-electron chi connectivity index (χ0n) is 15.1. The fraction of sp³-hybridized carbons (Fsp3) is 0.450. The number of hydrogen-bond acceptors (Lipinski definition) is 4. The van der Waals surface area contributed by atoms with E-state index in [0.717, 1.165) is 17.8 Å². The van der Waals surface area contributed by atoms with Crippen molar-refractivity contribution in [1.82, 2.24) is 14.8 Å². The lowest BCUT2D eigenvalue weighted by Gasteiger charge is -2.33. The lowest BCUT2D eigenvalue weighted by molar-refractivity contribution is -0.142. The number of thiazole rings is 1. The van der Waals surface area contributed by atoms with E-state index >= 15 is 0 Å². The van der Waals surface area contributed by atoms with Crippen LogP contribution in [0.2, 0.25) is 0 Å². The second-order valence-corrected chi connectivity index (χ2v) is 7.76. The van der Waals surface area contributed by atoms with Crippen LogP contribution in [-0.4, -0.2) is 46.7 Å². The van der Waals surface area contributed by atoms with Gasteiger partial charge in [-0.3, -0.25) is 9.59 Å². The molecule has 0 saturated carbocycles. The molecule has 138 valence electrons. The van der Waals surface area contributed by atoms with Gasteiger partial charge in [0.25, 0.3) is 0 Å². The topological polar surface area (TPSA) is 53.5 Å². The third kappa shape index (κ3) is 4.91. The number of aryl methyl sites for hydroxylation is 1. The van der Waals surface area contributed by atoms with E-state index in [1.54, 1.807) is 22.4 Å². The fourth-order valence-corrected chi connectivity index (χ4v) is 4.04. The van der Waals surface area contributed by atoms with Crippen LogP contribution in [0.5, 0.6) is 0 Å². The molecule has 2 heterocycles. The lowest BCUT2D eigenvalue weighted by atomic mass is 9.95. The van der Waals surface area contributed by atoms with Gasteiger partial charge in [0.05, 0.1) is 12.5 Å². The summed E-state index contributed by atoms with van der Waals surface area (Å²) in [4.78, 5) is 32.8. The van der Waals surface area contributed by atoms with Crippen molar-refractivity contribution in [2.75, 3.05) is 20.1 Å². The summed E-state index contributed by atoms with van der Waals surface area (Å²) in [6.07, 6.45) is 4.74. The summed E-state index contributed by atoms with van der Waals surface area (Å²) in [5.74, 6) is 0.180. The van der Waals surface area contributed by atoms with Gasteiger partial charge in [-0.05, 0) is 24.8 Å². The molecular formula is C20H25N3O2S. The zero-order chi connectivity index (χ0) is 18.4. The minimum absolute atomic E-state index is 0.102. The number of amides is 2. The minimum Gasteiger partial charge on any atom is -0.342 e. The number of carbonyl (C=O) groups excluding carboxylic acids is 2. The monoisotopic (exact) mass is 371 g/mol. The first-order valence-electron chi connectivity index (χ1n) is 9.08. The summed E-state index contributed by atoms with van der Waals surface area (Å²) < 4.78 is 0. The first-order chi connectivity index (χ1) is 12.6.